The zero-order valence-electron chi connectivity index (χ0n) is 10.3. The zero-order valence-corrected chi connectivity index (χ0v) is 11.1. The van der Waals surface area contributed by atoms with Crippen molar-refractivity contribution >= 4 is 11.9 Å². The maximum Gasteiger partial charge on any atom is 0.334 e. The van der Waals surface area contributed by atoms with E-state index in [9.17, 15) is 9.59 Å². The van der Waals surface area contributed by atoms with Crippen molar-refractivity contribution in [2.45, 2.75) is 0 Å². The van der Waals surface area contributed by atoms with Crippen molar-refractivity contribution in [3.05, 3.63) is 25.0 Å². The summed E-state index contributed by atoms with van der Waals surface area (Å²) < 4.78 is 10.1. The molecule has 0 unspecified atom stereocenters. The fourth-order valence-electron chi connectivity index (χ4n) is 0.673. The van der Waals surface area contributed by atoms with E-state index in [2.05, 4.69) is 11.3 Å². The molecule has 5 nitrogen and oxygen atoms in total. The van der Waals surface area contributed by atoms with Crippen LogP contribution >= 0.6 is 0 Å². The van der Waals surface area contributed by atoms with Gasteiger partial charge in [-0.15, -0.1) is 0 Å². The van der Waals surface area contributed by atoms with Crippen LogP contribution in [-0.2, 0) is 19.1 Å². The molecule has 0 aromatic heterocycles. The Morgan fingerprint density at radius 3 is 2.29 bits per heavy atom. The van der Waals surface area contributed by atoms with Crippen molar-refractivity contribution in [2.75, 3.05) is 34.3 Å². The van der Waals surface area contributed by atoms with Gasteiger partial charge in [0, 0.05) is 6.08 Å². The molecule has 0 heterocycles. The average molecular weight is 264 g/mol. The summed E-state index contributed by atoms with van der Waals surface area (Å²) in [6.07, 6.45) is 3.04. The zero-order chi connectivity index (χ0) is 12.6. The van der Waals surface area contributed by atoms with Gasteiger partial charge in [-0.2, -0.15) is 0 Å². The van der Waals surface area contributed by atoms with E-state index in [0.29, 0.717) is 17.6 Å². The summed E-state index contributed by atoms with van der Waals surface area (Å²) in [6, 6.07) is 0. The summed E-state index contributed by atoms with van der Waals surface area (Å²) in [6.45, 7) is 4.24. The molecule has 98 valence electrons. The largest absolute Gasteiger partial charge is 1.00 e. The molecule has 0 fully saturated rings. The Bertz CT molecular complexity index is 294. The second-order valence-corrected chi connectivity index (χ2v) is 4.13. The van der Waals surface area contributed by atoms with Crippen LogP contribution in [0.4, 0.5) is 0 Å². The third-order valence-corrected chi connectivity index (χ3v) is 1.56. The van der Waals surface area contributed by atoms with Crippen LogP contribution < -0.4 is 12.4 Å². The molecule has 0 spiro atoms. The number of carbonyl (C=O) groups excluding carboxylic acids is 2. The maximum absolute atomic E-state index is 11.1. The van der Waals surface area contributed by atoms with E-state index in [-0.39, 0.29) is 12.4 Å². The highest BCUT2D eigenvalue weighted by molar-refractivity contribution is 5.84. The smallest absolute Gasteiger partial charge is 0.334 e. The van der Waals surface area contributed by atoms with Crippen LogP contribution in [0.5, 0.6) is 0 Å². The lowest BCUT2D eigenvalue weighted by molar-refractivity contribution is -0.870. The van der Waals surface area contributed by atoms with Gasteiger partial charge in [0.2, 0.25) is 0 Å². The minimum absolute atomic E-state index is 0. The Morgan fingerprint density at radius 2 is 1.82 bits per heavy atom. The molecule has 0 rings (SSSR count). The van der Waals surface area contributed by atoms with Gasteiger partial charge in [-0.05, 0) is 0 Å². The summed E-state index contributed by atoms with van der Waals surface area (Å²) in [4.78, 5) is 21.7. The monoisotopic (exact) mass is 263 g/mol. The van der Waals surface area contributed by atoms with Crippen LogP contribution in [0, 0.1) is 0 Å². The molecule has 0 amide bonds. The van der Waals surface area contributed by atoms with E-state index < -0.39 is 11.9 Å². The Kier molecular flexibility index (Phi) is 9.32. The predicted molar refractivity (Wildman–Crippen MR) is 59.3 cm³/mol. The normalized spacial score (nSPS) is 10.5. The van der Waals surface area contributed by atoms with E-state index in [0.717, 1.165) is 18.4 Å². The molecule has 0 aliphatic rings. The Morgan fingerprint density at radius 1 is 1.24 bits per heavy atom. The van der Waals surface area contributed by atoms with Gasteiger partial charge in [-0.3, -0.25) is 0 Å². The summed E-state index contributed by atoms with van der Waals surface area (Å²) in [7, 11) is 5.99. The van der Waals surface area contributed by atoms with Crippen LogP contribution in [0.3, 0.4) is 0 Å². The summed E-state index contributed by atoms with van der Waals surface area (Å²) in [5.74, 6) is -1.15. The number of quaternary nitrogens is 1. The molecule has 0 aromatic rings. The Balaban J connectivity index is 0. The fourth-order valence-corrected chi connectivity index (χ4v) is 0.673. The van der Waals surface area contributed by atoms with Crippen molar-refractivity contribution in [3.63, 3.8) is 0 Å². The first-order chi connectivity index (χ1) is 7.35. The van der Waals surface area contributed by atoms with Crippen LogP contribution in [-0.4, -0.2) is 50.7 Å². The standard InChI is InChI=1S/C11H18NO4.ClH/c1-5-10(13)15-8-6-11(14)16-9-7-12(2,3)4;/h5-6,8H,1,7,9H2,2-4H3;1H/q+1;/p-1. The minimum atomic E-state index is -0.615. The highest BCUT2D eigenvalue weighted by Gasteiger charge is 2.07. The molecule has 0 saturated heterocycles. The van der Waals surface area contributed by atoms with Crippen molar-refractivity contribution in [1.82, 2.24) is 0 Å². The van der Waals surface area contributed by atoms with Gasteiger partial charge in [0.25, 0.3) is 0 Å². The third kappa shape index (κ3) is 12.6. The van der Waals surface area contributed by atoms with Gasteiger partial charge in [0.15, 0.2) is 0 Å². The number of halogens is 1. The molecule has 6 heteroatoms. The first-order valence-corrected chi connectivity index (χ1v) is 4.82. The maximum atomic E-state index is 11.1. The number of rotatable bonds is 6. The van der Waals surface area contributed by atoms with Gasteiger partial charge in [0.1, 0.15) is 19.4 Å². The van der Waals surface area contributed by atoms with Crippen molar-refractivity contribution in [1.29, 1.82) is 0 Å². The summed E-state index contributed by atoms with van der Waals surface area (Å²) in [5, 5.41) is 0. The van der Waals surface area contributed by atoms with E-state index in [1.807, 2.05) is 21.1 Å². The molecule has 0 aromatic carbocycles. The van der Waals surface area contributed by atoms with Crippen molar-refractivity contribution in [2.24, 2.45) is 0 Å². The highest BCUT2D eigenvalue weighted by atomic mass is 35.5. The molecule has 0 aliphatic carbocycles. The first kappa shape index (κ1) is 18.0. The number of ether oxygens (including phenoxy) is 2. The molecule has 0 N–H and O–H groups in total. The van der Waals surface area contributed by atoms with Crippen molar-refractivity contribution < 1.29 is 36.0 Å². The molecule has 0 bridgehead atoms. The third-order valence-electron chi connectivity index (χ3n) is 1.56. The average Bonchev–Trinajstić information content (AvgIpc) is 2.15. The number of esters is 2. The SMILES string of the molecule is C=CC(=O)OC=CC(=O)OCC[N+](C)(C)C.[Cl-]. The van der Waals surface area contributed by atoms with Gasteiger partial charge >= 0.3 is 11.9 Å². The van der Waals surface area contributed by atoms with Crippen molar-refractivity contribution in [3.8, 4) is 0 Å². The molecule has 0 atom stereocenters. The van der Waals surface area contributed by atoms with Gasteiger partial charge < -0.3 is 26.4 Å². The molecule has 0 radical (unpaired) electrons. The molecule has 17 heavy (non-hydrogen) atoms. The van der Waals surface area contributed by atoms with Gasteiger partial charge in [0.05, 0.1) is 27.2 Å². The Hall–Kier alpha value is -1.33. The topological polar surface area (TPSA) is 52.6 Å². The lowest BCUT2D eigenvalue weighted by Gasteiger charge is -2.23. The number of carbonyl (C=O) groups is 2. The number of hydrogen-bond acceptors (Lipinski definition) is 4. The quantitative estimate of drug-likeness (QED) is 0.230. The van der Waals surface area contributed by atoms with E-state index >= 15 is 0 Å². The minimum Gasteiger partial charge on any atom is -1.00 e. The number of nitrogens with zero attached hydrogens (tertiary/aromatic N) is 1. The predicted octanol–water partition coefficient (Wildman–Crippen LogP) is -2.52. The number of hydrogen-bond donors (Lipinski definition) is 0. The van der Waals surface area contributed by atoms with Crippen LogP contribution in [0.25, 0.3) is 0 Å². The lowest BCUT2D eigenvalue weighted by Crippen LogP contribution is -3.00. The van der Waals surface area contributed by atoms with E-state index in [4.69, 9.17) is 4.74 Å². The molecule has 0 saturated carbocycles. The Labute approximate surface area is 108 Å². The van der Waals surface area contributed by atoms with Gasteiger partial charge in [-0.25, -0.2) is 9.59 Å². The van der Waals surface area contributed by atoms with E-state index in [1.165, 1.54) is 0 Å². The second-order valence-electron chi connectivity index (χ2n) is 4.13. The molecular formula is C11H18ClNO4. The summed E-state index contributed by atoms with van der Waals surface area (Å²) >= 11 is 0. The van der Waals surface area contributed by atoms with Crippen LogP contribution in [0.15, 0.2) is 25.0 Å². The molecular weight excluding hydrogens is 246 g/mol. The molecule has 0 aliphatic heterocycles. The lowest BCUT2D eigenvalue weighted by atomic mass is 10.5. The highest BCUT2D eigenvalue weighted by Crippen LogP contribution is 1.91. The summed E-state index contributed by atoms with van der Waals surface area (Å²) in [5.41, 5.74) is 0. The fraction of sp³-hybridized carbons (Fsp3) is 0.455. The first-order valence-electron chi connectivity index (χ1n) is 4.82. The second kappa shape index (κ2) is 8.78. The number of likely N-dealkylation sites (N-methyl/N-ethyl adjacent to an activating group) is 1. The van der Waals surface area contributed by atoms with Crippen LogP contribution in [0.2, 0.25) is 0 Å². The van der Waals surface area contributed by atoms with Gasteiger partial charge in [-0.1, -0.05) is 6.58 Å². The van der Waals surface area contributed by atoms with Crippen LogP contribution in [0.1, 0.15) is 0 Å². The van der Waals surface area contributed by atoms with E-state index in [1.54, 1.807) is 0 Å².